The van der Waals surface area contributed by atoms with E-state index in [2.05, 4.69) is 4.98 Å². The van der Waals surface area contributed by atoms with Gasteiger partial charge in [0.1, 0.15) is 0 Å². The Hall–Kier alpha value is -2.89. The molecule has 0 aliphatic heterocycles. The van der Waals surface area contributed by atoms with Gasteiger partial charge in [-0.25, -0.2) is 9.78 Å². The van der Waals surface area contributed by atoms with Gasteiger partial charge in [-0.05, 0) is 37.5 Å². The molecule has 27 heavy (non-hydrogen) atoms. The van der Waals surface area contributed by atoms with Crippen molar-refractivity contribution in [3.8, 4) is 22.7 Å². The Kier molecular flexibility index (Phi) is 5.44. The van der Waals surface area contributed by atoms with E-state index in [-0.39, 0.29) is 18.7 Å². The molecule has 0 atom stereocenters. The highest BCUT2D eigenvalue weighted by Crippen LogP contribution is 2.28. The van der Waals surface area contributed by atoms with Gasteiger partial charge in [0, 0.05) is 17.5 Å². The van der Waals surface area contributed by atoms with Crippen molar-refractivity contribution in [2.24, 2.45) is 0 Å². The Bertz CT molecular complexity index is 979. The molecule has 0 bridgehead atoms. The van der Waals surface area contributed by atoms with Crippen LogP contribution in [0.15, 0.2) is 63.8 Å². The summed E-state index contributed by atoms with van der Waals surface area (Å²) in [4.78, 5) is 16.5. The van der Waals surface area contributed by atoms with Crippen molar-refractivity contribution in [1.29, 1.82) is 0 Å². The number of hydrogen-bond acceptors (Lipinski definition) is 3. The lowest BCUT2D eigenvalue weighted by molar-refractivity contribution is -0.135. The maximum Gasteiger partial charge on any atom is 0.389 e. The maximum absolute atomic E-state index is 12.5. The van der Waals surface area contributed by atoms with Crippen LogP contribution in [0.1, 0.15) is 24.0 Å². The molecule has 0 saturated heterocycles. The van der Waals surface area contributed by atoms with Crippen molar-refractivity contribution in [3.63, 3.8) is 0 Å². The summed E-state index contributed by atoms with van der Waals surface area (Å²) in [6.45, 7) is 1.87. The summed E-state index contributed by atoms with van der Waals surface area (Å²) in [5, 5.41) is 0. The van der Waals surface area contributed by atoms with Gasteiger partial charge in [-0.3, -0.25) is 0 Å². The molecule has 0 amide bonds. The Morgan fingerprint density at radius 3 is 2.48 bits per heavy atom. The fourth-order valence-corrected chi connectivity index (χ4v) is 2.90. The number of rotatable bonds is 5. The number of halogens is 3. The lowest BCUT2D eigenvalue weighted by Gasteiger charge is -2.12. The van der Waals surface area contributed by atoms with E-state index >= 15 is 0 Å². The fraction of sp³-hybridized carbons (Fsp3) is 0.238. The van der Waals surface area contributed by atoms with E-state index in [0.29, 0.717) is 16.8 Å². The van der Waals surface area contributed by atoms with Crippen LogP contribution in [0.5, 0.6) is 0 Å². The van der Waals surface area contributed by atoms with Crippen LogP contribution in [0.3, 0.4) is 0 Å². The standard InChI is InChI=1S/C21H18F3NO2/c1-14-9-10-17(16(12-14)8-5-11-21(22,23)24)18-13-19(26)27-20(25-18)15-6-3-2-4-7-15/h2-4,6-7,9-10,12-13H,5,8,11H2,1H3. The van der Waals surface area contributed by atoms with Crippen molar-refractivity contribution in [3.05, 3.63) is 76.1 Å². The van der Waals surface area contributed by atoms with Crippen LogP contribution in [0, 0.1) is 6.92 Å². The molecule has 140 valence electrons. The average molecular weight is 373 g/mol. The molecule has 2 aromatic carbocycles. The van der Waals surface area contributed by atoms with Crippen molar-refractivity contribution in [1.82, 2.24) is 4.98 Å². The van der Waals surface area contributed by atoms with Gasteiger partial charge < -0.3 is 4.42 Å². The molecule has 0 aliphatic carbocycles. The first-order valence-electron chi connectivity index (χ1n) is 8.56. The van der Waals surface area contributed by atoms with Crippen molar-refractivity contribution in [2.75, 3.05) is 0 Å². The number of aryl methyl sites for hydroxylation is 2. The number of nitrogens with zero attached hydrogens (tertiary/aromatic N) is 1. The second-order valence-corrected chi connectivity index (χ2v) is 6.36. The molecule has 3 nitrogen and oxygen atoms in total. The molecule has 0 spiro atoms. The highest BCUT2D eigenvalue weighted by Gasteiger charge is 2.26. The van der Waals surface area contributed by atoms with Gasteiger partial charge >= 0.3 is 11.8 Å². The Morgan fingerprint density at radius 1 is 1.04 bits per heavy atom. The van der Waals surface area contributed by atoms with Crippen LogP contribution in [-0.2, 0) is 6.42 Å². The Labute approximate surface area is 154 Å². The molecule has 0 unspecified atom stereocenters. The second-order valence-electron chi connectivity index (χ2n) is 6.36. The number of hydrogen-bond donors (Lipinski definition) is 0. The smallest absolute Gasteiger partial charge is 0.389 e. The van der Waals surface area contributed by atoms with E-state index in [1.807, 2.05) is 25.1 Å². The molecule has 3 aromatic rings. The Balaban J connectivity index is 1.99. The van der Waals surface area contributed by atoms with Crippen LogP contribution in [0.25, 0.3) is 22.7 Å². The third-order valence-electron chi connectivity index (χ3n) is 4.14. The van der Waals surface area contributed by atoms with Crippen LogP contribution in [0.2, 0.25) is 0 Å². The molecular formula is C21H18F3NO2. The molecule has 0 fully saturated rings. The van der Waals surface area contributed by atoms with Crippen LogP contribution in [0.4, 0.5) is 13.2 Å². The zero-order valence-electron chi connectivity index (χ0n) is 14.7. The van der Waals surface area contributed by atoms with Crippen LogP contribution >= 0.6 is 0 Å². The van der Waals surface area contributed by atoms with Crippen molar-refractivity contribution in [2.45, 2.75) is 32.4 Å². The molecule has 0 saturated carbocycles. The molecule has 6 heteroatoms. The van der Waals surface area contributed by atoms with Gasteiger partial charge in [0.05, 0.1) is 11.8 Å². The Morgan fingerprint density at radius 2 is 1.78 bits per heavy atom. The molecule has 0 aliphatic rings. The zero-order valence-corrected chi connectivity index (χ0v) is 14.7. The second kappa shape index (κ2) is 7.78. The van der Waals surface area contributed by atoms with E-state index in [4.69, 9.17) is 4.42 Å². The maximum atomic E-state index is 12.5. The fourth-order valence-electron chi connectivity index (χ4n) is 2.90. The van der Waals surface area contributed by atoms with Crippen molar-refractivity contribution >= 4 is 0 Å². The molecule has 1 heterocycles. The zero-order chi connectivity index (χ0) is 19.4. The lowest BCUT2D eigenvalue weighted by Crippen LogP contribution is -2.08. The summed E-state index contributed by atoms with van der Waals surface area (Å²) in [6.07, 6.45) is -4.80. The quantitative estimate of drug-likeness (QED) is 0.588. The van der Waals surface area contributed by atoms with E-state index < -0.39 is 18.2 Å². The van der Waals surface area contributed by atoms with Gasteiger partial charge in [0.25, 0.3) is 0 Å². The number of alkyl halides is 3. The van der Waals surface area contributed by atoms with E-state index in [1.165, 1.54) is 6.07 Å². The van der Waals surface area contributed by atoms with E-state index in [0.717, 1.165) is 11.1 Å². The molecule has 1 aromatic heterocycles. The molecule has 3 rings (SSSR count). The van der Waals surface area contributed by atoms with E-state index in [9.17, 15) is 18.0 Å². The minimum absolute atomic E-state index is 0.0209. The van der Waals surface area contributed by atoms with Gasteiger partial charge in [0.2, 0.25) is 5.89 Å². The molecule has 0 N–H and O–H groups in total. The first kappa shape index (κ1) is 18.9. The van der Waals surface area contributed by atoms with Gasteiger partial charge in [-0.15, -0.1) is 0 Å². The third kappa shape index (κ3) is 5.06. The first-order chi connectivity index (χ1) is 12.8. The normalized spacial score (nSPS) is 11.6. The minimum Gasteiger partial charge on any atom is -0.404 e. The van der Waals surface area contributed by atoms with Gasteiger partial charge in [0.15, 0.2) is 0 Å². The highest BCUT2D eigenvalue weighted by atomic mass is 19.4. The molecular weight excluding hydrogens is 355 g/mol. The summed E-state index contributed by atoms with van der Waals surface area (Å²) < 4.78 is 42.7. The van der Waals surface area contributed by atoms with Gasteiger partial charge in [-0.2, -0.15) is 13.2 Å². The highest BCUT2D eigenvalue weighted by molar-refractivity contribution is 5.66. The predicted molar refractivity (Wildman–Crippen MR) is 97.4 cm³/mol. The number of aromatic nitrogens is 1. The summed E-state index contributed by atoms with van der Waals surface area (Å²) in [5.41, 5.74) is 2.81. The summed E-state index contributed by atoms with van der Waals surface area (Å²) >= 11 is 0. The van der Waals surface area contributed by atoms with Crippen molar-refractivity contribution < 1.29 is 17.6 Å². The summed E-state index contributed by atoms with van der Waals surface area (Å²) in [6, 6.07) is 15.7. The monoisotopic (exact) mass is 373 g/mol. The largest absolute Gasteiger partial charge is 0.404 e. The molecule has 0 radical (unpaired) electrons. The van der Waals surface area contributed by atoms with Gasteiger partial charge in [-0.1, -0.05) is 42.0 Å². The third-order valence-corrected chi connectivity index (χ3v) is 4.14. The van der Waals surface area contributed by atoms with Crippen LogP contribution < -0.4 is 5.63 Å². The minimum atomic E-state index is -4.18. The van der Waals surface area contributed by atoms with Crippen LogP contribution in [-0.4, -0.2) is 11.2 Å². The topological polar surface area (TPSA) is 43.1 Å². The average Bonchev–Trinajstić information content (AvgIpc) is 2.61. The lowest BCUT2D eigenvalue weighted by atomic mass is 9.97. The SMILES string of the molecule is Cc1ccc(-c2cc(=O)oc(-c3ccccc3)n2)c(CCCC(F)(F)F)c1. The van der Waals surface area contributed by atoms with E-state index in [1.54, 1.807) is 30.3 Å². The summed E-state index contributed by atoms with van der Waals surface area (Å²) in [7, 11) is 0. The number of benzene rings is 2. The predicted octanol–water partition coefficient (Wildman–Crippen LogP) is 5.56. The first-order valence-corrected chi connectivity index (χ1v) is 8.56. The summed E-state index contributed by atoms with van der Waals surface area (Å²) in [5.74, 6) is 0.180.